The van der Waals surface area contributed by atoms with Crippen molar-refractivity contribution in [1.82, 2.24) is 15.5 Å². The average molecular weight is 272 g/mol. The number of H-pyrrole nitrogens is 1. The molecule has 2 aromatic rings. The van der Waals surface area contributed by atoms with Gasteiger partial charge < -0.3 is 10.6 Å². The van der Waals surface area contributed by atoms with E-state index in [-0.39, 0.29) is 17.4 Å². The number of carbonyl (C=O) groups is 1. The molecule has 3 N–H and O–H groups in total. The van der Waals surface area contributed by atoms with E-state index in [1.54, 1.807) is 6.20 Å². The number of aromatic nitrogens is 2. The van der Waals surface area contributed by atoms with Crippen molar-refractivity contribution in [2.45, 2.75) is 32.7 Å². The van der Waals surface area contributed by atoms with Crippen LogP contribution >= 0.6 is 0 Å². The lowest BCUT2D eigenvalue weighted by molar-refractivity contribution is -0.121. The van der Waals surface area contributed by atoms with Crippen LogP contribution in [0.25, 0.3) is 10.9 Å². The van der Waals surface area contributed by atoms with E-state index in [1.165, 1.54) is 0 Å². The van der Waals surface area contributed by atoms with Gasteiger partial charge in [0.2, 0.25) is 5.91 Å². The topological polar surface area (TPSA) is 69.8 Å². The maximum Gasteiger partial charge on any atom is 0.242 e. The Hall–Kier alpha value is -1.88. The molecule has 1 aliphatic rings. The van der Waals surface area contributed by atoms with Crippen molar-refractivity contribution in [3.05, 3.63) is 24.4 Å². The van der Waals surface area contributed by atoms with Crippen LogP contribution in [0.1, 0.15) is 26.7 Å². The van der Waals surface area contributed by atoms with Crippen LogP contribution in [0, 0.1) is 5.41 Å². The minimum atomic E-state index is -0.158. The number of para-hydroxylation sites is 1. The third-order valence-electron chi connectivity index (χ3n) is 4.12. The Morgan fingerprint density at radius 1 is 1.45 bits per heavy atom. The lowest BCUT2D eigenvalue weighted by Gasteiger charge is -2.38. The van der Waals surface area contributed by atoms with E-state index in [2.05, 4.69) is 34.7 Å². The second-order valence-electron chi connectivity index (χ2n) is 6.11. The molecule has 1 fully saturated rings. The van der Waals surface area contributed by atoms with Gasteiger partial charge in [0.1, 0.15) is 0 Å². The fourth-order valence-electron chi connectivity index (χ4n) is 2.94. The number of nitrogens with one attached hydrogen (secondary N) is 3. The molecule has 5 heteroatoms. The summed E-state index contributed by atoms with van der Waals surface area (Å²) in [5.41, 5.74) is 1.63. The van der Waals surface area contributed by atoms with Crippen LogP contribution in [-0.2, 0) is 4.79 Å². The lowest BCUT2D eigenvalue weighted by atomic mass is 9.77. The maximum absolute atomic E-state index is 12.5. The second kappa shape index (κ2) is 4.90. The van der Waals surface area contributed by atoms with Gasteiger partial charge in [0.05, 0.1) is 23.4 Å². The SMILES string of the molecule is CC1(C)CCCNC1C(=O)Nc1cccc2cn[nH]c12. The Balaban J connectivity index is 1.83. The van der Waals surface area contributed by atoms with Gasteiger partial charge in [0.25, 0.3) is 0 Å². The Kier molecular flexibility index (Phi) is 3.22. The lowest BCUT2D eigenvalue weighted by Crippen LogP contribution is -2.53. The first kappa shape index (κ1) is 13.1. The zero-order valence-corrected chi connectivity index (χ0v) is 11.9. The van der Waals surface area contributed by atoms with E-state index in [1.807, 2.05) is 18.2 Å². The van der Waals surface area contributed by atoms with Gasteiger partial charge in [-0.05, 0) is 30.9 Å². The molecular formula is C15H20N4O. The number of aromatic amines is 1. The summed E-state index contributed by atoms with van der Waals surface area (Å²) in [7, 11) is 0. The number of hydrogen-bond donors (Lipinski definition) is 3. The molecule has 1 atom stereocenters. The smallest absolute Gasteiger partial charge is 0.242 e. The quantitative estimate of drug-likeness (QED) is 0.785. The van der Waals surface area contributed by atoms with Crippen LogP contribution in [0.15, 0.2) is 24.4 Å². The van der Waals surface area contributed by atoms with E-state index < -0.39 is 0 Å². The van der Waals surface area contributed by atoms with Crippen molar-refractivity contribution >= 4 is 22.5 Å². The summed E-state index contributed by atoms with van der Waals surface area (Å²) in [4.78, 5) is 12.5. The van der Waals surface area contributed by atoms with E-state index >= 15 is 0 Å². The van der Waals surface area contributed by atoms with Crippen LogP contribution in [0.2, 0.25) is 0 Å². The van der Waals surface area contributed by atoms with Gasteiger partial charge >= 0.3 is 0 Å². The van der Waals surface area contributed by atoms with Gasteiger partial charge in [-0.15, -0.1) is 0 Å². The summed E-state index contributed by atoms with van der Waals surface area (Å²) in [6.07, 6.45) is 3.94. The average Bonchev–Trinajstić information content (AvgIpc) is 2.87. The molecule has 20 heavy (non-hydrogen) atoms. The fourth-order valence-corrected chi connectivity index (χ4v) is 2.94. The summed E-state index contributed by atoms with van der Waals surface area (Å²) in [5, 5.41) is 14.3. The number of hydrogen-bond acceptors (Lipinski definition) is 3. The molecule has 0 spiro atoms. The highest BCUT2D eigenvalue weighted by atomic mass is 16.2. The number of rotatable bonds is 2. The zero-order chi connectivity index (χ0) is 14.2. The number of benzene rings is 1. The van der Waals surface area contributed by atoms with Crippen LogP contribution in [-0.4, -0.2) is 28.7 Å². The predicted molar refractivity (Wildman–Crippen MR) is 79.5 cm³/mol. The molecule has 1 amide bonds. The monoisotopic (exact) mass is 272 g/mol. The molecule has 1 saturated heterocycles. The molecular weight excluding hydrogens is 252 g/mol. The summed E-state index contributed by atoms with van der Waals surface area (Å²) in [5.74, 6) is 0.0248. The third kappa shape index (κ3) is 2.29. The van der Waals surface area contributed by atoms with Crippen LogP contribution in [0.3, 0.4) is 0 Å². The van der Waals surface area contributed by atoms with Crippen LogP contribution < -0.4 is 10.6 Å². The Labute approximate surface area is 118 Å². The van der Waals surface area contributed by atoms with E-state index in [9.17, 15) is 4.79 Å². The molecule has 2 heterocycles. The van der Waals surface area contributed by atoms with Crippen molar-refractivity contribution in [2.24, 2.45) is 5.41 Å². The molecule has 1 unspecified atom stereocenters. The Morgan fingerprint density at radius 2 is 2.30 bits per heavy atom. The minimum absolute atomic E-state index is 0.0236. The van der Waals surface area contributed by atoms with Gasteiger partial charge in [-0.2, -0.15) is 5.10 Å². The molecule has 1 aromatic heterocycles. The highest BCUT2D eigenvalue weighted by Crippen LogP contribution is 2.31. The first-order valence-corrected chi connectivity index (χ1v) is 7.04. The van der Waals surface area contributed by atoms with Crippen LogP contribution in [0.5, 0.6) is 0 Å². The van der Waals surface area contributed by atoms with Gasteiger partial charge in [0.15, 0.2) is 0 Å². The first-order valence-electron chi connectivity index (χ1n) is 7.04. The summed E-state index contributed by atoms with van der Waals surface area (Å²) in [6, 6.07) is 5.63. The number of nitrogens with zero attached hydrogens (tertiary/aromatic N) is 1. The predicted octanol–water partition coefficient (Wildman–Crippen LogP) is 2.28. The van der Waals surface area contributed by atoms with Crippen molar-refractivity contribution in [3.8, 4) is 0 Å². The molecule has 5 nitrogen and oxygen atoms in total. The molecule has 1 aromatic carbocycles. The number of amides is 1. The standard InChI is InChI=1S/C15H20N4O/c1-15(2)7-4-8-16-13(15)14(20)18-11-6-3-5-10-9-17-19-12(10)11/h3,5-6,9,13,16H,4,7-8H2,1-2H3,(H,17,19)(H,18,20). The molecule has 1 aliphatic heterocycles. The first-order chi connectivity index (χ1) is 9.58. The van der Waals surface area contributed by atoms with Crippen molar-refractivity contribution < 1.29 is 4.79 Å². The van der Waals surface area contributed by atoms with Gasteiger partial charge in [0, 0.05) is 5.39 Å². The number of fused-ring (bicyclic) bond motifs is 1. The van der Waals surface area contributed by atoms with Crippen molar-refractivity contribution in [1.29, 1.82) is 0 Å². The minimum Gasteiger partial charge on any atom is -0.323 e. The molecule has 3 rings (SSSR count). The summed E-state index contributed by atoms with van der Waals surface area (Å²) >= 11 is 0. The molecule has 106 valence electrons. The molecule has 0 radical (unpaired) electrons. The maximum atomic E-state index is 12.5. The van der Waals surface area contributed by atoms with Crippen molar-refractivity contribution in [3.63, 3.8) is 0 Å². The highest BCUT2D eigenvalue weighted by Gasteiger charge is 2.37. The van der Waals surface area contributed by atoms with Crippen LogP contribution in [0.4, 0.5) is 5.69 Å². The number of anilines is 1. The van der Waals surface area contributed by atoms with E-state index in [0.717, 1.165) is 36.0 Å². The fraction of sp³-hybridized carbons (Fsp3) is 0.467. The molecule has 0 aliphatic carbocycles. The van der Waals surface area contributed by atoms with E-state index in [0.29, 0.717) is 0 Å². The summed E-state index contributed by atoms with van der Waals surface area (Å²) in [6.45, 7) is 5.18. The number of piperidine rings is 1. The second-order valence-corrected chi connectivity index (χ2v) is 6.11. The van der Waals surface area contributed by atoms with Gasteiger partial charge in [-0.1, -0.05) is 26.0 Å². The Morgan fingerprint density at radius 3 is 3.10 bits per heavy atom. The molecule has 0 bridgehead atoms. The Bertz CT molecular complexity index is 632. The largest absolute Gasteiger partial charge is 0.323 e. The normalized spacial score (nSPS) is 21.8. The van der Waals surface area contributed by atoms with Gasteiger partial charge in [-0.3, -0.25) is 9.89 Å². The van der Waals surface area contributed by atoms with Crippen molar-refractivity contribution in [2.75, 3.05) is 11.9 Å². The van der Waals surface area contributed by atoms with E-state index in [4.69, 9.17) is 0 Å². The third-order valence-corrected chi connectivity index (χ3v) is 4.12. The summed E-state index contributed by atoms with van der Waals surface area (Å²) < 4.78 is 0. The van der Waals surface area contributed by atoms with Gasteiger partial charge in [-0.25, -0.2) is 0 Å². The molecule has 0 saturated carbocycles. The number of carbonyl (C=O) groups excluding carboxylic acids is 1. The zero-order valence-electron chi connectivity index (χ0n) is 11.9. The highest BCUT2D eigenvalue weighted by molar-refractivity contribution is 6.02.